The molecule has 0 radical (unpaired) electrons. The second-order valence-electron chi connectivity index (χ2n) is 3.95. The molecule has 1 aromatic rings. The zero-order valence-corrected chi connectivity index (χ0v) is 8.95. The predicted molar refractivity (Wildman–Crippen MR) is 56.5 cm³/mol. The van der Waals surface area contributed by atoms with Crippen molar-refractivity contribution in [3.63, 3.8) is 0 Å². The van der Waals surface area contributed by atoms with Gasteiger partial charge < -0.3 is 10.1 Å². The van der Waals surface area contributed by atoms with Crippen LogP contribution in [0, 0.1) is 5.92 Å². The first kappa shape index (κ1) is 10.9. The van der Waals surface area contributed by atoms with E-state index in [-0.39, 0.29) is 12.0 Å². The van der Waals surface area contributed by atoms with Crippen molar-refractivity contribution in [2.24, 2.45) is 5.92 Å². The third kappa shape index (κ3) is 2.30. The van der Waals surface area contributed by atoms with Crippen molar-refractivity contribution in [3.05, 3.63) is 20.8 Å². The molecular formula is C9H14N4O3. The Hall–Kier alpha value is -1.63. The molecule has 0 bridgehead atoms. The lowest BCUT2D eigenvalue weighted by molar-refractivity contribution is 0.0590. The third-order valence-electron chi connectivity index (χ3n) is 2.64. The molecule has 3 N–H and O–H groups in total. The highest BCUT2D eigenvalue weighted by molar-refractivity contribution is 5.01. The van der Waals surface area contributed by atoms with Gasteiger partial charge in [-0.15, -0.1) is 5.10 Å². The molecular weight excluding hydrogens is 212 g/mol. The monoisotopic (exact) mass is 226 g/mol. The molecule has 1 aliphatic carbocycles. The van der Waals surface area contributed by atoms with Gasteiger partial charge in [-0.25, -0.2) is 9.89 Å². The van der Waals surface area contributed by atoms with Crippen LogP contribution in [0.2, 0.25) is 0 Å². The minimum absolute atomic E-state index is 0.0258. The summed E-state index contributed by atoms with van der Waals surface area (Å²) < 4.78 is 5.36. The van der Waals surface area contributed by atoms with Gasteiger partial charge in [-0.2, -0.15) is 0 Å². The van der Waals surface area contributed by atoms with E-state index in [1.165, 1.54) is 0 Å². The maximum Gasteiger partial charge on any atom is 0.342 e. The number of aromatic nitrogens is 3. The van der Waals surface area contributed by atoms with Crippen molar-refractivity contribution in [2.75, 3.05) is 13.6 Å². The van der Waals surface area contributed by atoms with Gasteiger partial charge in [0, 0.05) is 0 Å². The molecule has 1 heterocycles. The van der Waals surface area contributed by atoms with Gasteiger partial charge in [0.05, 0.1) is 0 Å². The number of rotatable bonds is 4. The van der Waals surface area contributed by atoms with Gasteiger partial charge in [-0.1, -0.05) is 0 Å². The first-order chi connectivity index (χ1) is 7.69. The number of ether oxygens (including phenoxy) is 1. The van der Waals surface area contributed by atoms with Crippen LogP contribution in [0.1, 0.15) is 12.8 Å². The summed E-state index contributed by atoms with van der Waals surface area (Å²) >= 11 is 0. The minimum Gasteiger partial charge on any atom is -0.469 e. The molecule has 1 aliphatic rings. The summed E-state index contributed by atoms with van der Waals surface area (Å²) in [5, 5.41) is 8.77. The maximum absolute atomic E-state index is 11.2. The average molecular weight is 226 g/mol. The molecule has 1 fully saturated rings. The van der Waals surface area contributed by atoms with Crippen molar-refractivity contribution in [3.8, 4) is 5.88 Å². The quantitative estimate of drug-likeness (QED) is 0.601. The van der Waals surface area contributed by atoms with Crippen molar-refractivity contribution in [1.29, 1.82) is 0 Å². The Kier molecular flexibility index (Phi) is 3.04. The zero-order valence-electron chi connectivity index (χ0n) is 8.95. The van der Waals surface area contributed by atoms with E-state index in [1.54, 1.807) is 0 Å². The number of H-pyrrole nitrogens is 2. The first-order valence-electron chi connectivity index (χ1n) is 5.19. The molecule has 0 unspecified atom stereocenters. The van der Waals surface area contributed by atoms with E-state index < -0.39 is 11.2 Å². The van der Waals surface area contributed by atoms with E-state index in [2.05, 4.69) is 20.5 Å². The van der Waals surface area contributed by atoms with Crippen LogP contribution in [0.15, 0.2) is 9.59 Å². The Morgan fingerprint density at radius 1 is 1.50 bits per heavy atom. The fourth-order valence-corrected chi connectivity index (χ4v) is 1.80. The normalized spacial score (nSPS) is 23.8. The zero-order chi connectivity index (χ0) is 11.5. The smallest absolute Gasteiger partial charge is 0.342 e. The molecule has 0 saturated heterocycles. The number of hydrogen-bond acceptors (Lipinski definition) is 5. The van der Waals surface area contributed by atoms with E-state index in [1.807, 2.05) is 7.05 Å². The second kappa shape index (κ2) is 4.48. The number of nitrogens with zero attached hydrogens (tertiary/aromatic N) is 1. The van der Waals surface area contributed by atoms with Gasteiger partial charge in [0.25, 0.3) is 5.88 Å². The molecule has 0 amide bonds. The largest absolute Gasteiger partial charge is 0.469 e. The molecule has 0 aromatic carbocycles. The van der Waals surface area contributed by atoms with Crippen LogP contribution in [-0.4, -0.2) is 34.9 Å². The Morgan fingerprint density at radius 2 is 2.25 bits per heavy atom. The SMILES string of the molecule is CNCC1CC(Oc2n[nH]c(=O)[nH]c2=O)C1. The van der Waals surface area contributed by atoms with Gasteiger partial charge in [0.15, 0.2) is 0 Å². The highest BCUT2D eigenvalue weighted by Crippen LogP contribution is 2.29. The van der Waals surface area contributed by atoms with Crippen LogP contribution >= 0.6 is 0 Å². The summed E-state index contributed by atoms with van der Waals surface area (Å²) in [4.78, 5) is 24.0. The summed E-state index contributed by atoms with van der Waals surface area (Å²) in [6, 6.07) is 0. The first-order valence-corrected chi connectivity index (χ1v) is 5.19. The standard InChI is InChI=1S/C9H14N4O3/c1-10-4-5-2-6(3-5)16-8-7(14)11-9(15)13-12-8/h5-6,10H,2-4H2,1H3,(H2,11,13,14,15). The van der Waals surface area contributed by atoms with Crippen LogP contribution < -0.4 is 21.3 Å². The van der Waals surface area contributed by atoms with Crippen LogP contribution in [0.4, 0.5) is 0 Å². The lowest BCUT2D eigenvalue weighted by atomic mass is 9.82. The second-order valence-corrected chi connectivity index (χ2v) is 3.95. The molecule has 1 saturated carbocycles. The van der Waals surface area contributed by atoms with Crippen molar-refractivity contribution >= 4 is 0 Å². The molecule has 16 heavy (non-hydrogen) atoms. The number of aromatic amines is 2. The summed E-state index contributed by atoms with van der Waals surface area (Å²) in [5.74, 6) is 0.532. The van der Waals surface area contributed by atoms with E-state index in [0.717, 1.165) is 19.4 Å². The van der Waals surface area contributed by atoms with Crippen LogP contribution in [0.5, 0.6) is 5.88 Å². The van der Waals surface area contributed by atoms with Gasteiger partial charge in [-0.3, -0.25) is 9.78 Å². The predicted octanol–water partition coefficient (Wildman–Crippen LogP) is -1.16. The molecule has 7 nitrogen and oxygen atoms in total. The van der Waals surface area contributed by atoms with E-state index in [4.69, 9.17) is 4.74 Å². The lowest BCUT2D eigenvalue weighted by Crippen LogP contribution is -2.40. The summed E-state index contributed by atoms with van der Waals surface area (Å²) in [6.07, 6.45) is 1.83. The van der Waals surface area contributed by atoms with Crippen molar-refractivity contribution in [1.82, 2.24) is 20.5 Å². The van der Waals surface area contributed by atoms with Crippen molar-refractivity contribution in [2.45, 2.75) is 18.9 Å². The van der Waals surface area contributed by atoms with E-state index >= 15 is 0 Å². The fraction of sp³-hybridized carbons (Fsp3) is 0.667. The molecule has 2 rings (SSSR count). The highest BCUT2D eigenvalue weighted by atomic mass is 16.5. The van der Waals surface area contributed by atoms with E-state index in [9.17, 15) is 9.59 Å². The van der Waals surface area contributed by atoms with Crippen molar-refractivity contribution < 1.29 is 4.74 Å². The highest BCUT2D eigenvalue weighted by Gasteiger charge is 2.31. The Labute approximate surface area is 91.2 Å². The van der Waals surface area contributed by atoms with E-state index in [0.29, 0.717) is 5.92 Å². The number of hydrogen-bond donors (Lipinski definition) is 3. The van der Waals surface area contributed by atoms with Gasteiger partial charge in [0.2, 0.25) is 0 Å². The Morgan fingerprint density at radius 3 is 2.88 bits per heavy atom. The van der Waals surface area contributed by atoms with Gasteiger partial charge in [0.1, 0.15) is 6.10 Å². The Balaban J connectivity index is 1.92. The molecule has 0 aliphatic heterocycles. The van der Waals surface area contributed by atoms with Gasteiger partial charge >= 0.3 is 11.2 Å². The van der Waals surface area contributed by atoms with Crippen LogP contribution in [-0.2, 0) is 0 Å². The lowest BCUT2D eigenvalue weighted by Gasteiger charge is -2.34. The summed E-state index contributed by atoms with van der Waals surface area (Å²) in [5.41, 5.74) is -1.21. The fourth-order valence-electron chi connectivity index (χ4n) is 1.80. The van der Waals surface area contributed by atoms with Crippen LogP contribution in [0.25, 0.3) is 0 Å². The number of nitrogens with one attached hydrogen (secondary N) is 3. The minimum atomic E-state index is -0.626. The maximum atomic E-state index is 11.2. The topological polar surface area (TPSA) is 99.9 Å². The molecule has 0 atom stereocenters. The molecule has 1 aromatic heterocycles. The average Bonchev–Trinajstić information content (AvgIpc) is 2.18. The summed E-state index contributed by atoms with van der Waals surface area (Å²) in [7, 11) is 1.91. The Bertz CT molecular complexity index is 460. The molecule has 7 heteroatoms. The molecule has 0 spiro atoms. The van der Waals surface area contributed by atoms with Crippen LogP contribution in [0.3, 0.4) is 0 Å². The van der Waals surface area contributed by atoms with Gasteiger partial charge in [-0.05, 0) is 32.4 Å². The third-order valence-corrected chi connectivity index (χ3v) is 2.64. The molecule has 88 valence electrons. The summed E-state index contributed by atoms with van der Waals surface area (Å²) in [6.45, 7) is 0.954.